The van der Waals surface area contributed by atoms with Gasteiger partial charge in [-0.2, -0.15) is 13.2 Å². The van der Waals surface area contributed by atoms with Crippen LogP contribution in [0, 0.1) is 19.3 Å². The molecular formula is C25H32F3N3O2. The van der Waals surface area contributed by atoms with Gasteiger partial charge in [0.25, 0.3) is 0 Å². The number of aromatic nitrogens is 1. The van der Waals surface area contributed by atoms with Crippen molar-refractivity contribution in [2.75, 3.05) is 20.6 Å². The fraction of sp³-hybridized carbons (Fsp3) is 0.520. The van der Waals surface area contributed by atoms with Crippen LogP contribution < -0.4 is 5.32 Å². The molecule has 180 valence electrons. The van der Waals surface area contributed by atoms with Crippen molar-refractivity contribution in [2.24, 2.45) is 5.41 Å². The summed E-state index contributed by atoms with van der Waals surface area (Å²) in [5.74, 6) is -1.14. The summed E-state index contributed by atoms with van der Waals surface area (Å²) in [7, 11) is 3.81. The lowest BCUT2D eigenvalue weighted by molar-refractivity contribution is -0.194. The lowest BCUT2D eigenvalue weighted by atomic mass is 9.80. The number of aryl methyl sites for hydroxylation is 2. The normalized spacial score (nSPS) is 17.0. The monoisotopic (exact) mass is 463 g/mol. The summed E-state index contributed by atoms with van der Waals surface area (Å²) < 4.78 is 41.6. The van der Waals surface area contributed by atoms with Gasteiger partial charge in [-0.1, -0.05) is 6.07 Å². The topological polar surface area (TPSA) is 65.5 Å². The van der Waals surface area contributed by atoms with Crippen LogP contribution in [0.5, 0.6) is 5.75 Å². The van der Waals surface area contributed by atoms with Crippen molar-refractivity contribution in [1.82, 2.24) is 15.2 Å². The molecule has 2 aromatic rings. The van der Waals surface area contributed by atoms with Gasteiger partial charge in [0.1, 0.15) is 5.75 Å². The molecule has 0 saturated heterocycles. The number of rotatable bonds is 9. The average molecular weight is 464 g/mol. The van der Waals surface area contributed by atoms with Crippen molar-refractivity contribution in [3.05, 3.63) is 58.9 Å². The van der Waals surface area contributed by atoms with Crippen molar-refractivity contribution in [2.45, 2.75) is 57.7 Å². The number of amides is 1. The minimum Gasteiger partial charge on any atom is -0.508 e. The highest BCUT2D eigenvalue weighted by Crippen LogP contribution is 2.66. The van der Waals surface area contributed by atoms with Crippen molar-refractivity contribution < 1.29 is 23.1 Å². The van der Waals surface area contributed by atoms with Gasteiger partial charge in [0.2, 0.25) is 5.91 Å². The molecule has 2 atom stereocenters. The number of hydrogen-bond donors (Lipinski definition) is 2. The number of pyridine rings is 1. The number of nitrogens with zero attached hydrogens (tertiary/aromatic N) is 2. The van der Waals surface area contributed by atoms with Gasteiger partial charge in [0.05, 0.1) is 5.41 Å². The third kappa shape index (κ3) is 5.66. The van der Waals surface area contributed by atoms with Crippen LogP contribution in [-0.2, 0) is 11.2 Å². The largest absolute Gasteiger partial charge is 0.508 e. The van der Waals surface area contributed by atoms with E-state index in [4.69, 9.17) is 0 Å². The Morgan fingerprint density at radius 1 is 1.24 bits per heavy atom. The molecule has 1 amide bonds. The third-order valence-corrected chi connectivity index (χ3v) is 6.88. The molecule has 2 N–H and O–H groups in total. The molecule has 0 aliphatic heterocycles. The van der Waals surface area contributed by atoms with Crippen molar-refractivity contribution in [3.63, 3.8) is 0 Å². The van der Waals surface area contributed by atoms with E-state index in [1.165, 1.54) is 12.4 Å². The number of aromatic hydroxyl groups is 1. The zero-order valence-corrected chi connectivity index (χ0v) is 19.5. The van der Waals surface area contributed by atoms with Crippen LogP contribution in [0.2, 0.25) is 0 Å². The second-order valence-corrected chi connectivity index (χ2v) is 9.38. The van der Waals surface area contributed by atoms with Gasteiger partial charge in [0.15, 0.2) is 0 Å². The number of phenolic OH excluding ortho intramolecular Hbond substituents is 1. The SMILES string of the molecule is Cc1cc(O)cc(C)c1CC(CNC(=O)CC(c1cccnc1)C1(C(F)(F)F)CC1)N(C)C. The Morgan fingerprint density at radius 2 is 1.88 bits per heavy atom. The van der Waals surface area contributed by atoms with E-state index in [1.807, 2.05) is 32.8 Å². The smallest absolute Gasteiger partial charge is 0.395 e. The molecule has 1 aromatic heterocycles. The van der Waals surface area contributed by atoms with E-state index in [-0.39, 0.29) is 31.1 Å². The van der Waals surface area contributed by atoms with Crippen molar-refractivity contribution in [1.29, 1.82) is 0 Å². The first-order valence-electron chi connectivity index (χ1n) is 11.1. The van der Waals surface area contributed by atoms with Gasteiger partial charge in [-0.15, -0.1) is 0 Å². The van der Waals surface area contributed by atoms with E-state index < -0.39 is 23.4 Å². The lowest BCUT2D eigenvalue weighted by Gasteiger charge is -2.30. The molecule has 1 fully saturated rings. The number of halogens is 3. The van der Waals surface area contributed by atoms with Crippen LogP contribution in [-0.4, -0.2) is 53.8 Å². The molecule has 1 aliphatic carbocycles. The first-order chi connectivity index (χ1) is 15.4. The number of nitrogens with one attached hydrogen (secondary N) is 1. The number of likely N-dealkylation sites (N-methyl/N-ethyl adjacent to an activating group) is 1. The third-order valence-electron chi connectivity index (χ3n) is 6.88. The van der Waals surface area contributed by atoms with E-state index in [1.54, 1.807) is 24.3 Å². The summed E-state index contributed by atoms with van der Waals surface area (Å²) in [5.41, 5.74) is 1.60. The quantitative estimate of drug-likeness (QED) is 0.574. The molecule has 1 heterocycles. The van der Waals surface area contributed by atoms with Crippen LogP contribution in [0.4, 0.5) is 13.2 Å². The highest BCUT2D eigenvalue weighted by Gasteiger charge is 2.67. The number of alkyl halides is 3. The predicted molar refractivity (Wildman–Crippen MR) is 121 cm³/mol. The second-order valence-electron chi connectivity index (χ2n) is 9.38. The van der Waals surface area contributed by atoms with E-state index >= 15 is 0 Å². The molecule has 1 aromatic carbocycles. The maximum atomic E-state index is 13.9. The molecule has 3 rings (SSSR count). The van der Waals surface area contributed by atoms with Crippen molar-refractivity contribution in [3.8, 4) is 5.75 Å². The molecular weight excluding hydrogens is 431 g/mol. The summed E-state index contributed by atoms with van der Waals surface area (Å²) >= 11 is 0. The zero-order valence-electron chi connectivity index (χ0n) is 19.5. The van der Waals surface area contributed by atoms with Gasteiger partial charge in [-0.3, -0.25) is 9.78 Å². The fourth-order valence-electron chi connectivity index (χ4n) is 4.63. The summed E-state index contributed by atoms with van der Waals surface area (Å²) in [4.78, 5) is 18.8. The molecule has 33 heavy (non-hydrogen) atoms. The maximum absolute atomic E-state index is 13.9. The van der Waals surface area contributed by atoms with Crippen LogP contribution in [0.3, 0.4) is 0 Å². The Bertz CT molecular complexity index is 950. The number of carbonyl (C=O) groups is 1. The van der Waals surface area contributed by atoms with E-state index in [0.29, 0.717) is 18.5 Å². The van der Waals surface area contributed by atoms with Crippen LogP contribution >= 0.6 is 0 Å². The molecule has 0 bridgehead atoms. The maximum Gasteiger partial charge on any atom is 0.395 e. The minimum absolute atomic E-state index is 0.0308. The fourth-order valence-corrected chi connectivity index (χ4v) is 4.63. The van der Waals surface area contributed by atoms with Crippen LogP contribution in [0.1, 0.15) is 47.4 Å². The Hall–Kier alpha value is -2.61. The predicted octanol–water partition coefficient (Wildman–Crippen LogP) is 4.51. The minimum atomic E-state index is -4.37. The average Bonchev–Trinajstić information content (AvgIpc) is 3.53. The van der Waals surface area contributed by atoms with Gasteiger partial charge in [-0.25, -0.2) is 0 Å². The highest BCUT2D eigenvalue weighted by atomic mass is 19.4. The van der Waals surface area contributed by atoms with E-state index in [9.17, 15) is 23.1 Å². The molecule has 1 aliphatic rings. The lowest BCUT2D eigenvalue weighted by Crippen LogP contribution is -2.43. The summed E-state index contributed by atoms with van der Waals surface area (Å²) in [6.07, 6.45) is -0.947. The standard InChI is InChI=1S/C25H32F3N3O2/c1-16-10-20(32)11-17(2)21(16)12-19(31(3)4)15-30-23(33)13-22(18-6-5-9-29-14-18)24(7-8-24)25(26,27)28/h5-6,9-11,14,19,22,32H,7-8,12-13,15H2,1-4H3,(H,30,33). The molecule has 0 radical (unpaired) electrons. The Kier molecular flexibility index (Phi) is 7.36. The number of carbonyl (C=O) groups excluding carboxylic acids is 1. The molecule has 1 saturated carbocycles. The number of benzene rings is 1. The van der Waals surface area contributed by atoms with Gasteiger partial charge in [-0.05, 0) is 87.7 Å². The van der Waals surface area contributed by atoms with Gasteiger partial charge in [0, 0.05) is 37.3 Å². The summed E-state index contributed by atoms with van der Waals surface area (Å²) in [6.45, 7) is 4.17. The summed E-state index contributed by atoms with van der Waals surface area (Å²) in [6, 6.07) is 6.59. The first kappa shape index (κ1) is 25.0. The van der Waals surface area contributed by atoms with Crippen LogP contribution in [0.15, 0.2) is 36.7 Å². The first-order valence-corrected chi connectivity index (χ1v) is 11.1. The van der Waals surface area contributed by atoms with Crippen LogP contribution in [0.25, 0.3) is 0 Å². The van der Waals surface area contributed by atoms with E-state index in [0.717, 1.165) is 16.7 Å². The summed E-state index contributed by atoms with van der Waals surface area (Å²) in [5, 5.41) is 12.7. The molecule has 8 heteroatoms. The Balaban J connectivity index is 1.71. The molecule has 5 nitrogen and oxygen atoms in total. The number of hydrogen-bond acceptors (Lipinski definition) is 4. The zero-order chi connectivity index (χ0) is 24.4. The van der Waals surface area contributed by atoms with E-state index in [2.05, 4.69) is 10.3 Å². The van der Waals surface area contributed by atoms with Gasteiger partial charge < -0.3 is 15.3 Å². The number of phenols is 1. The van der Waals surface area contributed by atoms with Gasteiger partial charge >= 0.3 is 6.18 Å². The Labute approximate surface area is 193 Å². The molecule has 0 spiro atoms. The highest BCUT2D eigenvalue weighted by molar-refractivity contribution is 5.77. The molecule has 2 unspecified atom stereocenters. The second kappa shape index (κ2) is 9.71. The Morgan fingerprint density at radius 3 is 2.36 bits per heavy atom. The van der Waals surface area contributed by atoms with Crippen molar-refractivity contribution >= 4 is 5.91 Å².